The van der Waals surface area contributed by atoms with Gasteiger partial charge in [0.05, 0.1) is 0 Å². The number of amides is 1. The molecule has 0 aromatic heterocycles. The molecule has 3 nitrogen and oxygen atoms in total. The number of hydrogen-bond acceptors (Lipinski definition) is 2. The van der Waals surface area contributed by atoms with Crippen molar-refractivity contribution in [2.45, 2.75) is 0 Å². The largest absolute Gasteiger partial charge is 0.328 e. The molecule has 1 fully saturated rings. The standard InChI is InChI=1S/C11H9BrN2OS/c1-14-10(15)9(13-11(14)16)6-7-3-2-4-8(12)5-7/h2-6H,1H3,(H,13,16)/b9-6-. The van der Waals surface area contributed by atoms with E-state index >= 15 is 0 Å². The lowest BCUT2D eigenvalue weighted by Gasteiger charge is -2.02. The number of nitrogens with one attached hydrogen (secondary N) is 1. The van der Waals surface area contributed by atoms with Gasteiger partial charge in [0.25, 0.3) is 5.91 Å². The summed E-state index contributed by atoms with van der Waals surface area (Å²) in [6.07, 6.45) is 1.78. The molecule has 0 unspecified atom stereocenters. The summed E-state index contributed by atoms with van der Waals surface area (Å²) >= 11 is 8.36. The molecule has 1 aromatic rings. The minimum absolute atomic E-state index is 0.107. The molecule has 2 rings (SSSR count). The van der Waals surface area contributed by atoms with Crippen LogP contribution in [-0.4, -0.2) is 23.0 Å². The number of rotatable bonds is 1. The van der Waals surface area contributed by atoms with E-state index in [2.05, 4.69) is 21.2 Å². The molecule has 0 bridgehead atoms. The van der Waals surface area contributed by atoms with Crippen molar-refractivity contribution in [3.05, 3.63) is 40.0 Å². The fraction of sp³-hybridized carbons (Fsp3) is 0.0909. The normalized spacial score (nSPS) is 18.1. The van der Waals surface area contributed by atoms with Crippen LogP contribution in [0.3, 0.4) is 0 Å². The first-order valence-electron chi connectivity index (χ1n) is 4.64. The fourth-order valence-electron chi connectivity index (χ4n) is 1.39. The van der Waals surface area contributed by atoms with Gasteiger partial charge in [-0.2, -0.15) is 0 Å². The van der Waals surface area contributed by atoms with Crippen molar-refractivity contribution in [3.63, 3.8) is 0 Å². The maximum atomic E-state index is 11.7. The Kier molecular flexibility index (Phi) is 3.07. The topological polar surface area (TPSA) is 32.3 Å². The molecular weight excluding hydrogens is 288 g/mol. The monoisotopic (exact) mass is 296 g/mol. The van der Waals surface area contributed by atoms with Crippen molar-refractivity contribution in [1.82, 2.24) is 10.2 Å². The number of benzene rings is 1. The zero-order valence-corrected chi connectivity index (χ0v) is 10.9. The van der Waals surface area contributed by atoms with Crippen LogP contribution in [0, 0.1) is 0 Å². The minimum atomic E-state index is -0.107. The van der Waals surface area contributed by atoms with Crippen molar-refractivity contribution in [2.75, 3.05) is 7.05 Å². The Morgan fingerprint density at radius 2 is 2.25 bits per heavy atom. The van der Waals surface area contributed by atoms with Gasteiger partial charge in [-0.25, -0.2) is 0 Å². The van der Waals surface area contributed by atoms with E-state index in [0.717, 1.165) is 10.0 Å². The van der Waals surface area contributed by atoms with Gasteiger partial charge in [-0.15, -0.1) is 0 Å². The van der Waals surface area contributed by atoms with Crippen LogP contribution >= 0.6 is 28.1 Å². The van der Waals surface area contributed by atoms with Gasteiger partial charge in [0.2, 0.25) is 0 Å². The smallest absolute Gasteiger partial charge is 0.276 e. The minimum Gasteiger partial charge on any atom is -0.328 e. The number of carbonyl (C=O) groups is 1. The van der Waals surface area contributed by atoms with E-state index in [1.807, 2.05) is 24.3 Å². The molecule has 1 aromatic carbocycles. The van der Waals surface area contributed by atoms with Crippen LogP contribution in [-0.2, 0) is 4.79 Å². The van der Waals surface area contributed by atoms with Crippen LogP contribution in [0.1, 0.15) is 5.56 Å². The van der Waals surface area contributed by atoms with Gasteiger partial charge in [0, 0.05) is 11.5 Å². The highest BCUT2D eigenvalue weighted by molar-refractivity contribution is 9.10. The Morgan fingerprint density at radius 3 is 2.81 bits per heavy atom. The highest BCUT2D eigenvalue weighted by Crippen LogP contribution is 2.16. The third-order valence-electron chi connectivity index (χ3n) is 2.24. The quantitative estimate of drug-likeness (QED) is 0.637. The summed E-state index contributed by atoms with van der Waals surface area (Å²) in [5.41, 5.74) is 1.45. The second kappa shape index (κ2) is 4.35. The van der Waals surface area contributed by atoms with Crippen LogP contribution in [0.15, 0.2) is 34.4 Å². The third-order valence-corrected chi connectivity index (χ3v) is 3.11. The lowest BCUT2D eigenvalue weighted by Crippen LogP contribution is -2.25. The molecule has 5 heteroatoms. The highest BCUT2D eigenvalue weighted by atomic mass is 79.9. The number of carbonyl (C=O) groups excluding carboxylic acids is 1. The maximum Gasteiger partial charge on any atom is 0.276 e. The van der Waals surface area contributed by atoms with E-state index in [9.17, 15) is 4.79 Å². The summed E-state index contributed by atoms with van der Waals surface area (Å²) in [6.45, 7) is 0. The van der Waals surface area contributed by atoms with E-state index in [-0.39, 0.29) is 5.91 Å². The van der Waals surface area contributed by atoms with Crippen LogP contribution in [0.2, 0.25) is 0 Å². The van der Waals surface area contributed by atoms with Crippen molar-refractivity contribution in [3.8, 4) is 0 Å². The van der Waals surface area contributed by atoms with Gasteiger partial charge in [-0.05, 0) is 36.0 Å². The van der Waals surface area contributed by atoms with Crippen LogP contribution in [0.5, 0.6) is 0 Å². The van der Waals surface area contributed by atoms with Crippen molar-refractivity contribution < 1.29 is 4.79 Å². The first kappa shape index (κ1) is 11.3. The lowest BCUT2D eigenvalue weighted by molar-refractivity contribution is -0.121. The van der Waals surface area contributed by atoms with E-state index in [1.54, 1.807) is 13.1 Å². The average Bonchev–Trinajstić information content (AvgIpc) is 2.47. The SMILES string of the molecule is CN1C(=O)/C(=C/c2cccc(Br)c2)NC1=S. The summed E-state index contributed by atoms with van der Waals surface area (Å²) in [5, 5.41) is 3.31. The Balaban J connectivity index is 2.33. The molecule has 1 heterocycles. The number of thiocarbonyl (C=S) groups is 1. The fourth-order valence-corrected chi connectivity index (χ4v) is 2.00. The Hall–Kier alpha value is -1.20. The van der Waals surface area contributed by atoms with E-state index in [0.29, 0.717) is 10.8 Å². The molecule has 1 aliphatic rings. The predicted octanol–water partition coefficient (Wildman–Crippen LogP) is 2.14. The molecule has 0 radical (unpaired) electrons. The number of hydrogen-bond donors (Lipinski definition) is 1. The zero-order chi connectivity index (χ0) is 11.7. The highest BCUT2D eigenvalue weighted by Gasteiger charge is 2.26. The Morgan fingerprint density at radius 1 is 1.50 bits per heavy atom. The molecule has 0 saturated carbocycles. The maximum absolute atomic E-state index is 11.7. The molecule has 1 N–H and O–H groups in total. The van der Waals surface area contributed by atoms with Gasteiger partial charge in [-0.1, -0.05) is 28.1 Å². The van der Waals surface area contributed by atoms with Gasteiger partial charge < -0.3 is 5.32 Å². The zero-order valence-electron chi connectivity index (χ0n) is 8.53. The predicted molar refractivity (Wildman–Crippen MR) is 70.6 cm³/mol. The molecule has 16 heavy (non-hydrogen) atoms. The number of halogens is 1. The summed E-state index contributed by atoms with van der Waals surface area (Å²) in [5.74, 6) is -0.107. The first-order valence-corrected chi connectivity index (χ1v) is 5.84. The molecule has 0 spiro atoms. The molecule has 0 atom stereocenters. The summed E-state index contributed by atoms with van der Waals surface area (Å²) < 4.78 is 0.975. The van der Waals surface area contributed by atoms with Crippen LogP contribution < -0.4 is 5.32 Å². The molecular formula is C11H9BrN2OS. The first-order chi connectivity index (χ1) is 7.58. The molecule has 1 aliphatic heterocycles. The van der Waals surface area contributed by atoms with Gasteiger partial charge in [-0.3, -0.25) is 9.69 Å². The van der Waals surface area contributed by atoms with Crippen molar-refractivity contribution in [1.29, 1.82) is 0 Å². The summed E-state index contributed by atoms with van der Waals surface area (Å²) in [4.78, 5) is 13.1. The average molecular weight is 297 g/mol. The van der Waals surface area contributed by atoms with Crippen LogP contribution in [0.25, 0.3) is 6.08 Å². The summed E-state index contributed by atoms with van der Waals surface area (Å²) in [7, 11) is 1.65. The molecule has 1 amide bonds. The van der Waals surface area contributed by atoms with Gasteiger partial charge in [0.1, 0.15) is 5.70 Å². The van der Waals surface area contributed by atoms with Crippen LogP contribution in [0.4, 0.5) is 0 Å². The van der Waals surface area contributed by atoms with Gasteiger partial charge >= 0.3 is 0 Å². The number of nitrogens with zero attached hydrogens (tertiary/aromatic N) is 1. The lowest BCUT2D eigenvalue weighted by atomic mass is 10.2. The Bertz CT molecular complexity index is 499. The van der Waals surface area contributed by atoms with E-state index in [4.69, 9.17) is 12.2 Å². The molecule has 82 valence electrons. The third kappa shape index (κ3) is 2.15. The number of likely N-dealkylation sites (N-methyl/N-ethyl adjacent to an activating group) is 1. The van der Waals surface area contributed by atoms with Gasteiger partial charge in [0.15, 0.2) is 5.11 Å². The second-order valence-electron chi connectivity index (χ2n) is 3.41. The molecule has 0 aliphatic carbocycles. The van der Waals surface area contributed by atoms with Crippen molar-refractivity contribution in [2.24, 2.45) is 0 Å². The van der Waals surface area contributed by atoms with E-state index < -0.39 is 0 Å². The summed E-state index contributed by atoms with van der Waals surface area (Å²) in [6, 6.07) is 7.71. The van der Waals surface area contributed by atoms with E-state index in [1.165, 1.54) is 4.90 Å². The van der Waals surface area contributed by atoms with Crippen molar-refractivity contribution >= 4 is 45.2 Å². The Labute approximate surface area is 107 Å². The second-order valence-corrected chi connectivity index (χ2v) is 4.71. The molecule has 1 saturated heterocycles.